The monoisotopic (exact) mass is 204 g/mol. The number of halogens is 1. The van der Waals surface area contributed by atoms with Crippen molar-refractivity contribution in [2.24, 2.45) is 17.3 Å². The molecule has 1 aliphatic carbocycles. The molecule has 0 bridgehead atoms. The van der Waals surface area contributed by atoms with Gasteiger partial charge in [-0.2, -0.15) is 0 Å². The maximum absolute atomic E-state index is 11.3. The molecule has 0 aromatic rings. The highest BCUT2D eigenvalue weighted by atomic mass is 35.5. The van der Waals surface area contributed by atoms with Crippen molar-refractivity contribution in [1.29, 1.82) is 0 Å². The summed E-state index contributed by atoms with van der Waals surface area (Å²) in [7, 11) is 0. The van der Waals surface area contributed by atoms with Crippen molar-refractivity contribution in [3.05, 3.63) is 0 Å². The average molecular weight is 205 g/mol. The normalized spacial score (nSPS) is 29.5. The van der Waals surface area contributed by atoms with Gasteiger partial charge in [-0.1, -0.05) is 13.8 Å². The van der Waals surface area contributed by atoms with Crippen LogP contribution in [0.5, 0.6) is 0 Å². The van der Waals surface area contributed by atoms with Crippen LogP contribution >= 0.6 is 11.6 Å². The summed E-state index contributed by atoms with van der Waals surface area (Å²) in [6, 6.07) is 0. The van der Waals surface area contributed by atoms with Crippen molar-refractivity contribution in [3.63, 3.8) is 0 Å². The van der Waals surface area contributed by atoms with Gasteiger partial charge in [0, 0.05) is 0 Å². The third-order valence-electron chi connectivity index (χ3n) is 2.61. The Morgan fingerprint density at radius 1 is 1.38 bits per heavy atom. The van der Waals surface area contributed by atoms with Crippen molar-refractivity contribution in [1.82, 2.24) is 0 Å². The lowest BCUT2D eigenvalue weighted by atomic mass is 10.1. The lowest BCUT2D eigenvalue weighted by Gasteiger charge is -2.01. The van der Waals surface area contributed by atoms with Crippen LogP contribution in [-0.4, -0.2) is 17.8 Å². The predicted molar refractivity (Wildman–Crippen MR) is 48.3 cm³/mol. The number of carbonyl (C=O) groups is 2. The van der Waals surface area contributed by atoms with E-state index in [9.17, 15) is 9.59 Å². The molecule has 1 aliphatic rings. The molecular weight excluding hydrogens is 192 g/mol. The van der Waals surface area contributed by atoms with Gasteiger partial charge in [0.2, 0.25) is 5.24 Å². The quantitative estimate of drug-likeness (QED) is 0.518. The fourth-order valence-electron chi connectivity index (χ4n) is 1.73. The van der Waals surface area contributed by atoms with E-state index >= 15 is 0 Å². The summed E-state index contributed by atoms with van der Waals surface area (Å²) in [5.74, 6) is -1.03. The molecule has 0 saturated heterocycles. The van der Waals surface area contributed by atoms with E-state index in [1.165, 1.54) is 0 Å². The molecule has 0 N–H and O–H groups in total. The van der Waals surface area contributed by atoms with Gasteiger partial charge in [-0.25, -0.2) is 0 Å². The van der Waals surface area contributed by atoms with E-state index in [0.29, 0.717) is 6.61 Å². The standard InChI is InChI=1S/C9H13ClO3/c1-4-13-8(12)6-5(7(10)11)9(6,2)3/h5-6H,4H2,1-3H3/t5-,6+/m1/s1. The number of esters is 1. The maximum Gasteiger partial charge on any atom is 0.310 e. The van der Waals surface area contributed by atoms with Crippen LogP contribution < -0.4 is 0 Å². The highest BCUT2D eigenvalue weighted by Gasteiger charge is 2.65. The van der Waals surface area contributed by atoms with E-state index in [1.807, 2.05) is 13.8 Å². The Morgan fingerprint density at radius 3 is 2.23 bits per heavy atom. The largest absolute Gasteiger partial charge is 0.466 e. The summed E-state index contributed by atoms with van der Waals surface area (Å²) >= 11 is 5.35. The summed E-state index contributed by atoms with van der Waals surface area (Å²) < 4.78 is 4.83. The van der Waals surface area contributed by atoms with Crippen molar-refractivity contribution < 1.29 is 14.3 Å². The number of ether oxygens (including phenoxy) is 1. The minimum Gasteiger partial charge on any atom is -0.466 e. The van der Waals surface area contributed by atoms with E-state index < -0.39 is 5.24 Å². The van der Waals surface area contributed by atoms with E-state index in [-0.39, 0.29) is 23.2 Å². The summed E-state index contributed by atoms with van der Waals surface area (Å²) in [5, 5.41) is -0.442. The molecule has 0 amide bonds. The fourth-order valence-corrected chi connectivity index (χ4v) is 2.14. The Kier molecular flexibility index (Phi) is 2.66. The topological polar surface area (TPSA) is 43.4 Å². The van der Waals surface area contributed by atoms with Crippen molar-refractivity contribution in [2.75, 3.05) is 6.61 Å². The smallest absolute Gasteiger partial charge is 0.310 e. The lowest BCUT2D eigenvalue weighted by molar-refractivity contribution is -0.146. The first-order valence-electron chi connectivity index (χ1n) is 4.29. The van der Waals surface area contributed by atoms with Gasteiger partial charge in [0.05, 0.1) is 18.4 Å². The average Bonchev–Trinajstić information content (AvgIpc) is 2.54. The molecule has 1 rings (SSSR count). The van der Waals surface area contributed by atoms with Crippen LogP contribution in [0.4, 0.5) is 0 Å². The molecule has 1 saturated carbocycles. The summed E-state index contributed by atoms with van der Waals surface area (Å²) in [6.07, 6.45) is 0. The van der Waals surface area contributed by atoms with Gasteiger partial charge in [0.25, 0.3) is 0 Å². The van der Waals surface area contributed by atoms with Crippen molar-refractivity contribution >= 4 is 22.8 Å². The van der Waals surface area contributed by atoms with Gasteiger partial charge < -0.3 is 4.74 Å². The van der Waals surface area contributed by atoms with E-state index in [1.54, 1.807) is 6.92 Å². The molecule has 2 atom stereocenters. The second-order valence-electron chi connectivity index (χ2n) is 3.83. The van der Waals surface area contributed by atoms with Crippen LogP contribution in [0.2, 0.25) is 0 Å². The predicted octanol–water partition coefficient (Wildman–Crippen LogP) is 1.59. The number of hydrogen-bond acceptors (Lipinski definition) is 3. The SMILES string of the molecule is CCOC(=O)[C@@H]1[C@H](C(=O)Cl)C1(C)C. The summed E-state index contributed by atoms with van der Waals surface area (Å²) in [5.41, 5.74) is -0.328. The molecule has 74 valence electrons. The Morgan fingerprint density at radius 2 is 1.92 bits per heavy atom. The molecule has 0 aliphatic heterocycles. The molecule has 1 fully saturated rings. The molecular formula is C9H13ClO3. The zero-order valence-electron chi connectivity index (χ0n) is 7.96. The van der Waals surface area contributed by atoms with Gasteiger partial charge >= 0.3 is 5.97 Å². The third kappa shape index (κ3) is 1.70. The van der Waals surface area contributed by atoms with Gasteiger partial charge in [0.1, 0.15) is 0 Å². The molecule has 0 aromatic carbocycles. The number of rotatable bonds is 3. The first kappa shape index (κ1) is 10.5. The lowest BCUT2D eigenvalue weighted by Crippen LogP contribution is -2.10. The maximum atomic E-state index is 11.3. The number of carbonyl (C=O) groups excluding carboxylic acids is 2. The van der Waals surface area contributed by atoms with Gasteiger partial charge in [0.15, 0.2) is 0 Å². The molecule has 3 nitrogen and oxygen atoms in total. The van der Waals surface area contributed by atoms with Crippen molar-refractivity contribution in [2.45, 2.75) is 20.8 Å². The third-order valence-corrected chi connectivity index (χ3v) is 2.85. The Bertz CT molecular complexity index is 247. The first-order valence-corrected chi connectivity index (χ1v) is 4.66. The Hall–Kier alpha value is -0.570. The van der Waals surface area contributed by atoms with Gasteiger partial charge in [-0.3, -0.25) is 9.59 Å². The molecule has 0 aromatic heterocycles. The van der Waals surface area contributed by atoms with Gasteiger partial charge in [-0.05, 0) is 23.9 Å². The van der Waals surface area contributed by atoms with Crippen LogP contribution in [0.15, 0.2) is 0 Å². The van der Waals surface area contributed by atoms with Crippen LogP contribution in [-0.2, 0) is 14.3 Å². The second-order valence-corrected chi connectivity index (χ2v) is 4.21. The summed E-state index contributed by atoms with van der Waals surface area (Å²) in [6.45, 7) is 5.78. The van der Waals surface area contributed by atoms with E-state index in [2.05, 4.69) is 0 Å². The zero-order chi connectivity index (χ0) is 10.2. The van der Waals surface area contributed by atoms with Crippen molar-refractivity contribution in [3.8, 4) is 0 Å². The summed E-state index contributed by atoms with van der Waals surface area (Å²) in [4.78, 5) is 22.2. The van der Waals surface area contributed by atoms with Crippen LogP contribution in [0.25, 0.3) is 0 Å². The highest BCUT2D eigenvalue weighted by molar-refractivity contribution is 6.64. The number of hydrogen-bond donors (Lipinski definition) is 0. The van der Waals surface area contributed by atoms with Crippen LogP contribution in [0, 0.1) is 17.3 Å². The molecule has 0 unspecified atom stereocenters. The molecule has 0 heterocycles. The molecule has 0 spiro atoms. The van der Waals surface area contributed by atoms with E-state index in [0.717, 1.165) is 0 Å². The first-order chi connectivity index (χ1) is 5.92. The van der Waals surface area contributed by atoms with Crippen LogP contribution in [0.1, 0.15) is 20.8 Å². The minimum atomic E-state index is -0.442. The van der Waals surface area contributed by atoms with Crippen LogP contribution in [0.3, 0.4) is 0 Å². The van der Waals surface area contributed by atoms with E-state index in [4.69, 9.17) is 16.3 Å². The zero-order valence-corrected chi connectivity index (χ0v) is 8.72. The Balaban J connectivity index is 2.65. The fraction of sp³-hybridized carbons (Fsp3) is 0.778. The highest BCUT2D eigenvalue weighted by Crippen LogP contribution is 2.59. The molecule has 13 heavy (non-hydrogen) atoms. The second kappa shape index (κ2) is 3.29. The minimum absolute atomic E-state index is 0.313. The molecule has 4 heteroatoms. The van der Waals surface area contributed by atoms with Gasteiger partial charge in [-0.15, -0.1) is 0 Å². The Labute approximate surface area is 82.4 Å². The molecule has 0 radical (unpaired) electrons.